The fourth-order valence-electron chi connectivity index (χ4n) is 6.66. The Morgan fingerprint density at radius 1 is 0.250 bits per heavy atom. The minimum Gasteiger partial charge on any atom is -0.208 e. The van der Waals surface area contributed by atoms with Crippen LogP contribution < -0.4 is 0 Å². The van der Waals surface area contributed by atoms with E-state index in [1.54, 1.807) is 0 Å². The molecule has 48 heavy (non-hydrogen) atoms. The summed E-state index contributed by atoms with van der Waals surface area (Å²) in [6.45, 7) is 0. The van der Waals surface area contributed by atoms with Crippen molar-refractivity contribution in [3.8, 4) is 56.4 Å². The summed E-state index contributed by atoms with van der Waals surface area (Å²) in [5.41, 5.74) is 7.66. The van der Waals surface area contributed by atoms with Crippen LogP contribution in [-0.2, 0) is 0 Å². The quantitative estimate of drug-likeness (QED) is 0.194. The number of rotatable bonds is 5. The highest BCUT2D eigenvalue weighted by molar-refractivity contribution is 6.01. The molecule has 0 atom stereocenters. The summed E-state index contributed by atoms with van der Waals surface area (Å²) in [5, 5.41) is 7.05. The molecule has 0 saturated carbocycles. The Hall–Kier alpha value is -6.45. The predicted molar refractivity (Wildman–Crippen MR) is 200 cm³/mol. The Balaban J connectivity index is 1.18. The van der Waals surface area contributed by atoms with E-state index in [1.807, 2.05) is 36.4 Å². The molecule has 0 fully saturated rings. The van der Waals surface area contributed by atoms with E-state index in [9.17, 15) is 0 Å². The first-order valence-electron chi connectivity index (χ1n) is 16.2. The molecular weight excluding hydrogens is 583 g/mol. The van der Waals surface area contributed by atoms with Gasteiger partial charge in [0.1, 0.15) is 0 Å². The molecule has 0 aliphatic heterocycles. The van der Waals surface area contributed by atoms with Gasteiger partial charge in [0, 0.05) is 16.7 Å². The fraction of sp³-hybridized carbons (Fsp3) is 0. The molecule has 0 aliphatic carbocycles. The Morgan fingerprint density at radius 2 is 0.750 bits per heavy atom. The minimum atomic E-state index is 0.648. The van der Waals surface area contributed by atoms with Crippen LogP contribution in [0.1, 0.15) is 0 Å². The zero-order chi connectivity index (χ0) is 31.9. The van der Waals surface area contributed by atoms with Crippen LogP contribution >= 0.6 is 0 Å². The van der Waals surface area contributed by atoms with Crippen LogP contribution in [0.2, 0.25) is 0 Å². The Kier molecular flexibility index (Phi) is 6.80. The molecule has 0 aliphatic rings. The van der Waals surface area contributed by atoms with Gasteiger partial charge in [-0.2, -0.15) is 0 Å². The van der Waals surface area contributed by atoms with E-state index in [0.29, 0.717) is 17.5 Å². The topological polar surface area (TPSA) is 38.7 Å². The maximum absolute atomic E-state index is 5.13. The summed E-state index contributed by atoms with van der Waals surface area (Å²) >= 11 is 0. The minimum absolute atomic E-state index is 0.648. The number of aromatic nitrogens is 3. The zero-order valence-corrected chi connectivity index (χ0v) is 26.1. The second-order valence-electron chi connectivity index (χ2n) is 12.1. The first-order valence-corrected chi connectivity index (χ1v) is 16.2. The molecule has 9 aromatic rings. The molecule has 0 amide bonds. The van der Waals surface area contributed by atoms with Crippen LogP contribution in [0.3, 0.4) is 0 Å². The molecule has 0 radical (unpaired) electrons. The molecule has 1 aromatic heterocycles. The van der Waals surface area contributed by atoms with Gasteiger partial charge in [-0.3, -0.25) is 0 Å². The second-order valence-corrected chi connectivity index (χ2v) is 12.1. The molecule has 0 N–H and O–H groups in total. The average molecular weight is 612 g/mol. The fourth-order valence-corrected chi connectivity index (χ4v) is 6.66. The van der Waals surface area contributed by atoms with E-state index < -0.39 is 0 Å². The van der Waals surface area contributed by atoms with Crippen molar-refractivity contribution in [2.45, 2.75) is 0 Å². The number of benzene rings is 8. The van der Waals surface area contributed by atoms with Crippen LogP contribution in [0.15, 0.2) is 176 Å². The Labute approximate surface area is 278 Å². The predicted octanol–water partition coefficient (Wildman–Crippen LogP) is 11.7. The summed E-state index contributed by atoms with van der Waals surface area (Å²) in [4.78, 5) is 15.2. The lowest BCUT2D eigenvalue weighted by atomic mass is 9.95. The van der Waals surface area contributed by atoms with Gasteiger partial charge in [-0.15, -0.1) is 0 Å². The van der Waals surface area contributed by atoms with Crippen LogP contribution in [-0.4, -0.2) is 15.0 Å². The highest BCUT2D eigenvalue weighted by Crippen LogP contribution is 2.35. The monoisotopic (exact) mass is 611 g/mol. The molecule has 3 nitrogen and oxygen atoms in total. The van der Waals surface area contributed by atoms with Crippen LogP contribution in [0.4, 0.5) is 0 Å². The summed E-state index contributed by atoms with van der Waals surface area (Å²) in [7, 11) is 0. The van der Waals surface area contributed by atoms with E-state index >= 15 is 0 Å². The van der Waals surface area contributed by atoms with Gasteiger partial charge in [-0.05, 0) is 72.8 Å². The number of hydrogen-bond acceptors (Lipinski definition) is 3. The number of hydrogen-bond donors (Lipinski definition) is 0. The molecule has 0 spiro atoms. The van der Waals surface area contributed by atoms with Crippen molar-refractivity contribution in [1.82, 2.24) is 15.0 Å². The summed E-state index contributed by atoms with van der Waals surface area (Å²) in [6, 6.07) is 61.8. The lowest BCUT2D eigenvalue weighted by Gasteiger charge is -2.12. The van der Waals surface area contributed by atoms with Crippen LogP contribution in [0.25, 0.3) is 88.7 Å². The van der Waals surface area contributed by atoms with E-state index in [1.165, 1.54) is 38.4 Å². The SMILES string of the molecule is c1ccc(-c2ccc3c(-c4nc(-c5ccccc5)nc(-c5ccc6c(-c7ccc8ccccc8c7)cccc6c5)n4)cccc3c2)cc1. The Morgan fingerprint density at radius 3 is 1.50 bits per heavy atom. The van der Waals surface area contributed by atoms with Crippen molar-refractivity contribution in [3.63, 3.8) is 0 Å². The largest absolute Gasteiger partial charge is 0.208 e. The number of fused-ring (bicyclic) bond motifs is 3. The van der Waals surface area contributed by atoms with Gasteiger partial charge < -0.3 is 0 Å². The van der Waals surface area contributed by atoms with Gasteiger partial charge in [-0.1, -0.05) is 158 Å². The van der Waals surface area contributed by atoms with Crippen molar-refractivity contribution >= 4 is 32.3 Å². The van der Waals surface area contributed by atoms with Crippen molar-refractivity contribution in [1.29, 1.82) is 0 Å². The smallest absolute Gasteiger partial charge is 0.164 e. The lowest BCUT2D eigenvalue weighted by molar-refractivity contribution is 1.08. The first-order chi connectivity index (χ1) is 23.8. The van der Waals surface area contributed by atoms with E-state index in [-0.39, 0.29) is 0 Å². The molecular formula is C45H29N3. The first kappa shape index (κ1) is 27.8. The highest BCUT2D eigenvalue weighted by Gasteiger charge is 2.15. The molecule has 224 valence electrons. The molecule has 9 rings (SSSR count). The van der Waals surface area contributed by atoms with Gasteiger partial charge in [0.25, 0.3) is 0 Å². The normalized spacial score (nSPS) is 11.3. The van der Waals surface area contributed by atoms with Gasteiger partial charge in [0.15, 0.2) is 17.5 Å². The maximum Gasteiger partial charge on any atom is 0.164 e. The third kappa shape index (κ3) is 5.08. The summed E-state index contributed by atoms with van der Waals surface area (Å²) < 4.78 is 0. The molecule has 0 unspecified atom stereocenters. The molecule has 8 aromatic carbocycles. The van der Waals surface area contributed by atoms with Gasteiger partial charge >= 0.3 is 0 Å². The summed E-state index contributed by atoms with van der Waals surface area (Å²) in [5.74, 6) is 1.95. The average Bonchev–Trinajstić information content (AvgIpc) is 3.17. The third-order valence-electron chi connectivity index (χ3n) is 9.09. The van der Waals surface area contributed by atoms with E-state index in [2.05, 4.69) is 140 Å². The maximum atomic E-state index is 5.13. The summed E-state index contributed by atoms with van der Waals surface area (Å²) in [6.07, 6.45) is 0. The third-order valence-corrected chi connectivity index (χ3v) is 9.09. The molecule has 0 saturated heterocycles. The lowest BCUT2D eigenvalue weighted by Crippen LogP contribution is -2.00. The van der Waals surface area contributed by atoms with Crippen molar-refractivity contribution in [2.75, 3.05) is 0 Å². The van der Waals surface area contributed by atoms with Crippen LogP contribution in [0.5, 0.6) is 0 Å². The van der Waals surface area contributed by atoms with Crippen LogP contribution in [0, 0.1) is 0 Å². The van der Waals surface area contributed by atoms with Crippen molar-refractivity contribution in [2.24, 2.45) is 0 Å². The zero-order valence-electron chi connectivity index (χ0n) is 26.1. The van der Waals surface area contributed by atoms with E-state index in [4.69, 9.17) is 15.0 Å². The van der Waals surface area contributed by atoms with Gasteiger partial charge in [0.05, 0.1) is 0 Å². The molecule has 3 heteroatoms. The molecule has 1 heterocycles. The highest BCUT2D eigenvalue weighted by atomic mass is 15.0. The van der Waals surface area contributed by atoms with Crippen molar-refractivity contribution in [3.05, 3.63) is 176 Å². The second kappa shape index (κ2) is 11.7. The van der Waals surface area contributed by atoms with Gasteiger partial charge in [0.2, 0.25) is 0 Å². The van der Waals surface area contributed by atoms with Crippen molar-refractivity contribution < 1.29 is 0 Å². The number of nitrogens with zero attached hydrogens (tertiary/aromatic N) is 3. The standard InChI is InChI=1S/C45H29N3/c1-3-11-30(12-4-1)34-23-25-41-35(28-34)18-10-20-42(41)45-47-43(32-14-5-2-6-15-32)46-44(48-45)38-24-26-40-36(29-38)17-9-19-39(40)37-22-21-31-13-7-8-16-33(31)27-37/h1-29H. The molecule has 0 bridgehead atoms. The van der Waals surface area contributed by atoms with Gasteiger partial charge in [-0.25, -0.2) is 15.0 Å². The van der Waals surface area contributed by atoms with E-state index in [0.717, 1.165) is 32.8 Å². The Bertz CT molecular complexity index is 2610.